The molecule has 0 radical (unpaired) electrons. The summed E-state index contributed by atoms with van der Waals surface area (Å²) in [5.74, 6) is -0.118. The molecule has 1 saturated heterocycles. The van der Waals surface area contributed by atoms with Crippen LogP contribution in [0.2, 0.25) is 5.02 Å². The Kier molecular flexibility index (Phi) is 4.22. The van der Waals surface area contributed by atoms with E-state index in [4.69, 9.17) is 21.5 Å². The number of ether oxygens (including phenoxy) is 1. The van der Waals surface area contributed by atoms with Crippen molar-refractivity contribution in [3.63, 3.8) is 0 Å². The number of carbonyl (C=O) groups is 1. The fourth-order valence-corrected chi connectivity index (χ4v) is 3.39. The van der Waals surface area contributed by atoms with E-state index in [0.717, 1.165) is 0 Å². The van der Waals surface area contributed by atoms with Crippen molar-refractivity contribution < 1.29 is 17.9 Å². The molecule has 1 aliphatic heterocycles. The van der Waals surface area contributed by atoms with Crippen molar-refractivity contribution in [1.29, 1.82) is 0 Å². The zero-order valence-corrected chi connectivity index (χ0v) is 12.4. The Morgan fingerprint density at radius 2 is 2.15 bits per heavy atom. The van der Waals surface area contributed by atoms with Crippen LogP contribution in [-0.4, -0.2) is 33.7 Å². The molecule has 6 nitrogen and oxygen atoms in total. The van der Waals surface area contributed by atoms with Gasteiger partial charge in [-0.25, -0.2) is 13.6 Å². The maximum atomic E-state index is 12.0. The minimum absolute atomic E-state index is 0.150. The minimum atomic E-state index is -3.59. The average Bonchev–Trinajstić information content (AvgIpc) is 2.66. The van der Waals surface area contributed by atoms with Crippen molar-refractivity contribution in [3.8, 4) is 5.75 Å². The van der Waals surface area contributed by atoms with E-state index in [1.807, 2.05) is 0 Å². The Bertz CT molecular complexity index is 632. The van der Waals surface area contributed by atoms with Gasteiger partial charge in [-0.3, -0.25) is 4.79 Å². The molecule has 0 spiro atoms. The molecule has 0 aromatic heterocycles. The molecule has 1 amide bonds. The van der Waals surface area contributed by atoms with E-state index in [1.54, 1.807) is 18.2 Å². The molecule has 1 atom stereocenters. The quantitative estimate of drug-likeness (QED) is 0.896. The molecular weight excluding hydrogens is 304 g/mol. The normalized spacial score (nSPS) is 19.4. The smallest absolute Gasteiger partial charge is 0.227 e. The molecule has 8 heteroatoms. The molecule has 1 aliphatic rings. The van der Waals surface area contributed by atoms with Crippen LogP contribution in [0.3, 0.4) is 0 Å². The van der Waals surface area contributed by atoms with Crippen molar-refractivity contribution in [2.24, 2.45) is 11.1 Å². The highest BCUT2D eigenvalue weighted by Crippen LogP contribution is 2.31. The molecule has 1 fully saturated rings. The summed E-state index contributed by atoms with van der Waals surface area (Å²) in [5, 5.41) is 5.46. The van der Waals surface area contributed by atoms with Crippen molar-refractivity contribution in [2.45, 2.75) is 6.42 Å². The van der Waals surface area contributed by atoms with Crippen LogP contribution in [0.4, 0.5) is 5.69 Å². The van der Waals surface area contributed by atoms with E-state index >= 15 is 0 Å². The van der Waals surface area contributed by atoms with E-state index in [1.165, 1.54) is 12.0 Å². The molecule has 0 bridgehead atoms. The largest absolute Gasteiger partial charge is 0.497 e. The van der Waals surface area contributed by atoms with Gasteiger partial charge in [0.15, 0.2) is 0 Å². The fourth-order valence-electron chi connectivity index (χ4n) is 2.29. The summed E-state index contributed by atoms with van der Waals surface area (Å²) in [6, 6.07) is 4.96. The Balaban J connectivity index is 2.21. The number of methoxy groups -OCH3 is 1. The van der Waals surface area contributed by atoms with Crippen LogP contribution < -0.4 is 14.8 Å². The lowest BCUT2D eigenvalue weighted by molar-refractivity contribution is -0.117. The molecule has 1 heterocycles. The van der Waals surface area contributed by atoms with Gasteiger partial charge in [0, 0.05) is 35.7 Å². The number of primary sulfonamides is 1. The first kappa shape index (κ1) is 15.1. The third kappa shape index (κ3) is 3.62. The van der Waals surface area contributed by atoms with Crippen LogP contribution >= 0.6 is 11.6 Å². The van der Waals surface area contributed by atoms with Gasteiger partial charge >= 0.3 is 0 Å². The average molecular weight is 319 g/mol. The van der Waals surface area contributed by atoms with Crippen LogP contribution in [0.25, 0.3) is 0 Å². The molecule has 2 N–H and O–H groups in total. The van der Waals surface area contributed by atoms with Crippen molar-refractivity contribution in [1.82, 2.24) is 0 Å². The maximum Gasteiger partial charge on any atom is 0.227 e. The van der Waals surface area contributed by atoms with E-state index in [-0.39, 0.29) is 24.0 Å². The van der Waals surface area contributed by atoms with Gasteiger partial charge in [-0.05, 0) is 12.1 Å². The molecular formula is C12H15ClN2O4S. The summed E-state index contributed by atoms with van der Waals surface area (Å²) >= 11 is 5.96. The van der Waals surface area contributed by atoms with Gasteiger partial charge in [0.05, 0.1) is 12.9 Å². The summed E-state index contributed by atoms with van der Waals surface area (Å²) < 4.78 is 27.3. The Morgan fingerprint density at radius 3 is 2.75 bits per heavy atom. The minimum Gasteiger partial charge on any atom is -0.497 e. The first-order chi connectivity index (χ1) is 9.28. The SMILES string of the molecule is COc1cc(Cl)cc(N2CC(CS(N)(=O)=O)CC2=O)c1. The standard InChI is InChI=1S/C12H15ClN2O4S/c1-19-11-4-9(13)3-10(5-11)15-6-8(2-12(15)16)7-20(14,17)18/h3-5,8H,2,6-7H2,1H3,(H2,14,17,18). The predicted octanol–water partition coefficient (Wildman–Crippen LogP) is 0.990. The molecule has 2 rings (SSSR count). The Hall–Kier alpha value is -1.31. The number of nitrogens with zero attached hydrogens (tertiary/aromatic N) is 1. The highest BCUT2D eigenvalue weighted by molar-refractivity contribution is 7.89. The number of rotatable bonds is 4. The van der Waals surface area contributed by atoms with E-state index in [2.05, 4.69) is 0 Å². The molecule has 1 aromatic rings. The first-order valence-corrected chi connectivity index (χ1v) is 8.03. The van der Waals surface area contributed by atoms with Crippen molar-refractivity contribution in [3.05, 3.63) is 23.2 Å². The van der Waals surface area contributed by atoms with E-state index in [0.29, 0.717) is 23.0 Å². The van der Waals surface area contributed by atoms with E-state index in [9.17, 15) is 13.2 Å². The van der Waals surface area contributed by atoms with Crippen LogP contribution in [0.1, 0.15) is 6.42 Å². The zero-order chi connectivity index (χ0) is 14.9. The predicted molar refractivity (Wildman–Crippen MR) is 76.4 cm³/mol. The molecule has 20 heavy (non-hydrogen) atoms. The lowest BCUT2D eigenvalue weighted by atomic mass is 10.1. The maximum absolute atomic E-state index is 12.0. The fraction of sp³-hybridized carbons (Fsp3) is 0.417. The van der Waals surface area contributed by atoms with Gasteiger partial charge in [0.1, 0.15) is 5.75 Å². The third-order valence-electron chi connectivity index (χ3n) is 3.08. The summed E-state index contributed by atoms with van der Waals surface area (Å²) in [4.78, 5) is 13.5. The number of nitrogens with two attached hydrogens (primary N) is 1. The van der Waals surface area contributed by atoms with Gasteiger partial charge < -0.3 is 9.64 Å². The first-order valence-electron chi connectivity index (χ1n) is 5.94. The Morgan fingerprint density at radius 1 is 1.45 bits per heavy atom. The second-order valence-electron chi connectivity index (χ2n) is 4.75. The summed E-state index contributed by atoms with van der Waals surface area (Å²) in [6.45, 7) is 0.304. The lowest BCUT2D eigenvalue weighted by Crippen LogP contribution is -2.27. The van der Waals surface area contributed by atoms with Crippen molar-refractivity contribution in [2.75, 3.05) is 24.3 Å². The number of halogens is 1. The number of hydrogen-bond donors (Lipinski definition) is 1. The highest BCUT2D eigenvalue weighted by atomic mass is 35.5. The third-order valence-corrected chi connectivity index (χ3v) is 4.23. The molecule has 0 aliphatic carbocycles. The second kappa shape index (κ2) is 5.59. The van der Waals surface area contributed by atoms with Crippen LogP contribution in [-0.2, 0) is 14.8 Å². The Labute approximate surface area is 122 Å². The number of amides is 1. The van der Waals surface area contributed by atoms with Crippen LogP contribution in [0.15, 0.2) is 18.2 Å². The molecule has 1 unspecified atom stereocenters. The topological polar surface area (TPSA) is 89.7 Å². The monoisotopic (exact) mass is 318 g/mol. The summed E-state index contributed by atoms with van der Waals surface area (Å²) in [7, 11) is -2.08. The number of benzene rings is 1. The molecule has 110 valence electrons. The number of hydrogen-bond acceptors (Lipinski definition) is 4. The lowest BCUT2D eigenvalue weighted by Gasteiger charge is -2.18. The molecule has 0 saturated carbocycles. The van der Waals surface area contributed by atoms with Gasteiger partial charge in [-0.15, -0.1) is 0 Å². The van der Waals surface area contributed by atoms with Crippen molar-refractivity contribution >= 4 is 33.2 Å². The van der Waals surface area contributed by atoms with Gasteiger partial charge in [0.25, 0.3) is 0 Å². The number of sulfonamides is 1. The van der Waals surface area contributed by atoms with Gasteiger partial charge in [-0.1, -0.05) is 11.6 Å². The highest BCUT2D eigenvalue weighted by Gasteiger charge is 2.33. The van der Waals surface area contributed by atoms with Gasteiger partial charge in [0.2, 0.25) is 15.9 Å². The van der Waals surface area contributed by atoms with Crippen LogP contribution in [0.5, 0.6) is 5.75 Å². The zero-order valence-electron chi connectivity index (χ0n) is 10.9. The summed E-state index contributed by atoms with van der Waals surface area (Å²) in [6.07, 6.45) is 0.158. The van der Waals surface area contributed by atoms with E-state index < -0.39 is 10.0 Å². The van der Waals surface area contributed by atoms with Crippen LogP contribution in [0, 0.1) is 5.92 Å². The second-order valence-corrected chi connectivity index (χ2v) is 6.85. The summed E-state index contributed by atoms with van der Waals surface area (Å²) in [5.41, 5.74) is 0.594. The van der Waals surface area contributed by atoms with Gasteiger partial charge in [-0.2, -0.15) is 0 Å². The number of carbonyl (C=O) groups excluding carboxylic acids is 1. The molecule has 1 aromatic carbocycles. The number of anilines is 1.